The first-order valence-corrected chi connectivity index (χ1v) is 6.40. The average molecular weight is 390 g/mol. The van der Waals surface area contributed by atoms with E-state index in [9.17, 15) is 4.79 Å². The number of nitrogens with two attached hydrogens (primary N) is 1. The normalized spacial score (nSPS) is 10.9. The van der Waals surface area contributed by atoms with Crippen LogP contribution >= 0.6 is 24.0 Å². The fourth-order valence-electron chi connectivity index (χ4n) is 1.58. The van der Waals surface area contributed by atoms with Crippen molar-refractivity contribution in [2.45, 2.75) is 26.8 Å². The van der Waals surface area contributed by atoms with E-state index in [0.717, 1.165) is 5.56 Å². The van der Waals surface area contributed by atoms with E-state index in [-0.39, 0.29) is 35.9 Å². The van der Waals surface area contributed by atoms with Crippen molar-refractivity contribution in [1.82, 2.24) is 10.6 Å². The molecule has 5 nitrogen and oxygen atoms in total. The van der Waals surface area contributed by atoms with Gasteiger partial charge in [0.15, 0.2) is 5.96 Å². The highest BCUT2D eigenvalue weighted by Crippen LogP contribution is 2.03. The van der Waals surface area contributed by atoms with Crippen LogP contribution in [-0.2, 0) is 0 Å². The first-order chi connectivity index (χ1) is 8.99. The number of aryl methyl sites for hydroxylation is 1. The summed E-state index contributed by atoms with van der Waals surface area (Å²) >= 11 is 0. The van der Waals surface area contributed by atoms with Gasteiger partial charge in [0, 0.05) is 18.2 Å². The zero-order chi connectivity index (χ0) is 14.3. The van der Waals surface area contributed by atoms with Crippen LogP contribution in [-0.4, -0.2) is 31.0 Å². The Kier molecular flexibility index (Phi) is 8.94. The Morgan fingerprint density at radius 1 is 1.40 bits per heavy atom. The van der Waals surface area contributed by atoms with Gasteiger partial charge in [-0.1, -0.05) is 17.7 Å². The first-order valence-electron chi connectivity index (χ1n) is 6.40. The van der Waals surface area contributed by atoms with E-state index in [0.29, 0.717) is 24.6 Å². The molecule has 4 N–H and O–H groups in total. The third kappa shape index (κ3) is 7.32. The second-order valence-electron chi connectivity index (χ2n) is 4.69. The molecule has 0 aliphatic heterocycles. The van der Waals surface area contributed by atoms with Crippen molar-refractivity contribution in [3.05, 3.63) is 35.4 Å². The number of aliphatic imine (C=N–C) groups is 1. The fourth-order valence-corrected chi connectivity index (χ4v) is 1.58. The molecule has 1 aromatic carbocycles. The van der Waals surface area contributed by atoms with Crippen LogP contribution in [0.25, 0.3) is 0 Å². The van der Waals surface area contributed by atoms with Crippen LogP contribution in [0.15, 0.2) is 29.3 Å². The third-order valence-corrected chi connectivity index (χ3v) is 2.40. The molecule has 0 atom stereocenters. The number of carbonyl (C=O) groups excluding carboxylic acids is 1. The van der Waals surface area contributed by atoms with E-state index < -0.39 is 0 Å². The van der Waals surface area contributed by atoms with Gasteiger partial charge >= 0.3 is 0 Å². The lowest BCUT2D eigenvalue weighted by Crippen LogP contribution is -2.37. The van der Waals surface area contributed by atoms with Crippen LogP contribution in [0.1, 0.15) is 29.8 Å². The first kappa shape index (κ1) is 18.7. The van der Waals surface area contributed by atoms with Gasteiger partial charge in [0.25, 0.3) is 5.91 Å². The summed E-state index contributed by atoms with van der Waals surface area (Å²) in [5.74, 6) is 0.314. The molecule has 0 unspecified atom stereocenters. The SMILES string of the molecule is Cc1cccc(C(=O)NCCN=C(N)NC(C)C)c1.I. The number of benzene rings is 1. The molecule has 0 saturated carbocycles. The topological polar surface area (TPSA) is 79.5 Å². The van der Waals surface area contributed by atoms with Crippen molar-refractivity contribution < 1.29 is 4.79 Å². The molecule has 0 aliphatic rings. The molecule has 0 aromatic heterocycles. The van der Waals surface area contributed by atoms with Gasteiger partial charge in [0.1, 0.15) is 0 Å². The number of halogens is 1. The van der Waals surface area contributed by atoms with Crippen LogP contribution in [0.5, 0.6) is 0 Å². The van der Waals surface area contributed by atoms with Gasteiger partial charge in [0.2, 0.25) is 0 Å². The smallest absolute Gasteiger partial charge is 0.251 e. The molecule has 0 fully saturated rings. The van der Waals surface area contributed by atoms with Crippen molar-refractivity contribution in [2.75, 3.05) is 13.1 Å². The third-order valence-electron chi connectivity index (χ3n) is 2.40. The summed E-state index contributed by atoms with van der Waals surface area (Å²) in [5.41, 5.74) is 7.38. The Bertz CT molecular complexity index is 460. The minimum absolute atomic E-state index is 0. The molecule has 112 valence electrons. The van der Waals surface area contributed by atoms with Crippen molar-refractivity contribution in [3.8, 4) is 0 Å². The number of hydrogen-bond acceptors (Lipinski definition) is 2. The number of carbonyl (C=O) groups is 1. The molecular weight excluding hydrogens is 367 g/mol. The minimum atomic E-state index is -0.0886. The van der Waals surface area contributed by atoms with Crippen molar-refractivity contribution in [1.29, 1.82) is 0 Å². The molecule has 0 aliphatic carbocycles. The van der Waals surface area contributed by atoms with Gasteiger partial charge in [-0.3, -0.25) is 9.79 Å². The maximum absolute atomic E-state index is 11.8. The Morgan fingerprint density at radius 3 is 2.70 bits per heavy atom. The number of rotatable bonds is 5. The minimum Gasteiger partial charge on any atom is -0.370 e. The lowest BCUT2D eigenvalue weighted by molar-refractivity contribution is 0.0954. The van der Waals surface area contributed by atoms with Gasteiger partial charge in [-0.05, 0) is 32.9 Å². The molecule has 0 heterocycles. The molecule has 1 aromatic rings. The van der Waals surface area contributed by atoms with Gasteiger partial charge < -0.3 is 16.4 Å². The van der Waals surface area contributed by atoms with Gasteiger partial charge in [-0.25, -0.2) is 0 Å². The molecule has 20 heavy (non-hydrogen) atoms. The standard InChI is InChI=1S/C14H22N4O.HI/c1-10(2)18-14(15)17-8-7-16-13(19)12-6-4-5-11(3)9-12;/h4-6,9-10H,7-8H2,1-3H3,(H,16,19)(H3,15,17,18);1H. The van der Waals surface area contributed by atoms with E-state index >= 15 is 0 Å². The van der Waals surface area contributed by atoms with Crippen LogP contribution in [0.4, 0.5) is 0 Å². The van der Waals surface area contributed by atoms with Crippen LogP contribution < -0.4 is 16.4 Å². The van der Waals surface area contributed by atoms with E-state index in [2.05, 4.69) is 15.6 Å². The Hall–Kier alpha value is -1.31. The second kappa shape index (κ2) is 9.57. The summed E-state index contributed by atoms with van der Waals surface area (Å²) < 4.78 is 0. The number of hydrogen-bond donors (Lipinski definition) is 3. The van der Waals surface area contributed by atoms with Crippen LogP contribution in [0.2, 0.25) is 0 Å². The van der Waals surface area contributed by atoms with E-state index in [1.165, 1.54) is 0 Å². The second-order valence-corrected chi connectivity index (χ2v) is 4.69. The summed E-state index contributed by atoms with van der Waals surface area (Å²) in [5, 5.41) is 5.79. The zero-order valence-corrected chi connectivity index (χ0v) is 14.5. The highest BCUT2D eigenvalue weighted by Gasteiger charge is 2.03. The van der Waals surface area contributed by atoms with E-state index in [1.54, 1.807) is 6.07 Å². The molecule has 0 saturated heterocycles. The summed E-state index contributed by atoms with van der Waals surface area (Å²) in [6, 6.07) is 7.73. The summed E-state index contributed by atoms with van der Waals surface area (Å²) in [4.78, 5) is 15.9. The van der Waals surface area contributed by atoms with Crippen LogP contribution in [0.3, 0.4) is 0 Å². The van der Waals surface area contributed by atoms with Crippen molar-refractivity contribution in [3.63, 3.8) is 0 Å². The Balaban J connectivity index is 0.00000361. The molecule has 0 radical (unpaired) electrons. The summed E-state index contributed by atoms with van der Waals surface area (Å²) in [6.07, 6.45) is 0. The lowest BCUT2D eigenvalue weighted by Gasteiger charge is -2.08. The summed E-state index contributed by atoms with van der Waals surface area (Å²) in [6.45, 7) is 6.86. The number of guanidine groups is 1. The molecule has 1 amide bonds. The fraction of sp³-hybridized carbons (Fsp3) is 0.429. The molecular formula is C14H23IN4O. The van der Waals surface area contributed by atoms with Gasteiger partial charge in [0.05, 0.1) is 6.54 Å². The maximum Gasteiger partial charge on any atom is 0.251 e. The highest BCUT2D eigenvalue weighted by molar-refractivity contribution is 14.0. The average Bonchev–Trinajstić information content (AvgIpc) is 2.33. The van der Waals surface area contributed by atoms with Crippen LogP contribution in [0, 0.1) is 6.92 Å². The summed E-state index contributed by atoms with van der Waals surface area (Å²) in [7, 11) is 0. The van der Waals surface area contributed by atoms with Gasteiger partial charge in [-0.2, -0.15) is 0 Å². The Morgan fingerprint density at radius 2 is 2.10 bits per heavy atom. The van der Waals surface area contributed by atoms with Crippen molar-refractivity contribution >= 4 is 35.8 Å². The predicted molar refractivity (Wildman–Crippen MR) is 93.7 cm³/mol. The zero-order valence-electron chi connectivity index (χ0n) is 12.1. The maximum atomic E-state index is 11.8. The highest BCUT2D eigenvalue weighted by atomic mass is 127. The monoisotopic (exact) mass is 390 g/mol. The lowest BCUT2D eigenvalue weighted by atomic mass is 10.1. The van der Waals surface area contributed by atoms with E-state index in [4.69, 9.17) is 5.73 Å². The molecule has 1 rings (SSSR count). The Labute approximate surface area is 137 Å². The predicted octanol–water partition coefficient (Wildman–Crippen LogP) is 1.66. The number of nitrogens with one attached hydrogen (secondary N) is 2. The molecule has 6 heteroatoms. The number of nitrogens with zero attached hydrogens (tertiary/aromatic N) is 1. The molecule has 0 spiro atoms. The largest absolute Gasteiger partial charge is 0.370 e. The molecule has 0 bridgehead atoms. The van der Waals surface area contributed by atoms with Gasteiger partial charge in [-0.15, -0.1) is 24.0 Å². The van der Waals surface area contributed by atoms with E-state index in [1.807, 2.05) is 39.0 Å². The quantitative estimate of drug-likeness (QED) is 0.310. The van der Waals surface area contributed by atoms with Crippen molar-refractivity contribution in [2.24, 2.45) is 10.7 Å². The number of amides is 1.